The van der Waals surface area contributed by atoms with Crippen molar-refractivity contribution in [3.8, 4) is 6.07 Å². The Labute approximate surface area is 130 Å². The number of anilines is 1. The summed E-state index contributed by atoms with van der Waals surface area (Å²) in [6.45, 7) is 1.22. The van der Waals surface area contributed by atoms with Gasteiger partial charge in [0.05, 0.1) is 23.4 Å². The average Bonchev–Trinajstić information content (AvgIpc) is 2.92. The molecule has 108 valence electrons. The van der Waals surface area contributed by atoms with E-state index in [1.54, 1.807) is 6.20 Å². The van der Waals surface area contributed by atoms with Crippen LogP contribution in [0.1, 0.15) is 12.0 Å². The normalized spacial score (nSPS) is 21.4. The molecule has 1 unspecified atom stereocenters. The van der Waals surface area contributed by atoms with E-state index in [1.807, 2.05) is 18.2 Å². The number of aromatic nitrogens is 1. The molecular formula is C15H14BrN3O2. The lowest BCUT2D eigenvalue weighted by Crippen LogP contribution is -2.37. The third kappa shape index (κ3) is 2.72. The Kier molecular flexibility index (Phi) is 3.81. The first kappa shape index (κ1) is 14.3. The molecule has 2 aromatic rings. The van der Waals surface area contributed by atoms with Crippen molar-refractivity contribution in [2.24, 2.45) is 0 Å². The minimum atomic E-state index is -0.881. The van der Waals surface area contributed by atoms with Crippen molar-refractivity contribution in [3.63, 3.8) is 0 Å². The highest BCUT2D eigenvalue weighted by molar-refractivity contribution is 9.10. The number of rotatable bonds is 3. The fourth-order valence-electron chi connectivity index (χ4n) is 2.45. The average molecular weight is 348 g/mol. The number of hydrogen-bond acceptors (Lipinski definition) is 5. The number of fused-ring (bicyclic) bond motifs is 1. The van der Waals surface area contributed by atoms with Gasteiger partial charge in [0, 0.05) is 35.6 Å². The molecule has 0 bridgehead atoms. The quantitative estimate of drug-likeness (QED) is 0.891. The molecule has 0 aliphatic carbocycles. The molecule has 1 saturated heterocycles. The van der Waals surface area contributed by atoms with Crippen molar-refractivity contribution in [2.45, 2.75) is 12.0 Å². The topological polar surface area (TPSA) is 78.2 Å². The summed E-state index contributed by atoms with van der Waals surface area (Å²) in [7, 11) is 0. The van der Waals surface area contributed by atoms with Crippen LogP contribution in [-0.4, -0.2) is 35.5 Å². The number of halogens is 1. The molecule has 1 aromatic carbocycles. The number of benzene rings is 1. The zero-order valence-corrected chi connectivity index (χ0v) is 12.9. The van der Waals surface area contributed by atoms with Crippen molar-refractivity contribution in [2.75, 3.05) is 25.1 Å². The highest BCUT2D eigenvalue weighted by Gasteiger charge is 2.32. The van der Waals surface area contributed by atoms with Crippen LogP contribution in [0.25, 0.3) is 10.9 Å². The van der Waals surface area contributed by atoms with E-state index in [0.29, 0.717) is 37.4 Å². The molecular weight excluding hydrogens is 334 g/mol. The second-order valence-electron chi connectivity index (χ2n) is 5.18. The molecule has 6 heteroatoms. The van der Waals surface area contributed by atoms with Crippen LogP contribution in [-0.2, 0) is 4.74 Å². The molecule has 2 N–H and O–H groups in total. The first-order chi connectivity index (χ1) is 10.1. The van der Waals surface area contributed by atoms with Gasteiger partial charge in [0.25, 0.3) is 0 Å². The summed E-state index contributed by atoms with van der Waals surface area (Å²) in [6, 6.07) is 7.85. The maximum absolute atomic E-state index is 10.3. The minimum absolute atomic E-state index is 0.314. The third-order valence-electron chi connectivity index (χ3n) is 3.65. The van der Waals surface area contributed by atoms with E-state index in [0.717, 1.165) is 15.4 Å². The summed E-state index contributed by atoms with van der Waals surface area (Å²) in [5.74, 6) is 0. The van der Waals surface area contributed by atoms with Gasteiger partial charge in [0.15, 0.2) is 0 Å². The Bertz CT molecular complexity index is 721. The summed E-state index contributed by atoms with van der Waals surface area (Å²) in [4.78, 5) is 4.31. The van der Waals surface area contributed by atoms with Crippen LogP contribution in [0, 0.1) is 11.3 Å². The van der Waals surface area contributed by atoms with Gasteiger partial charge in [-0.05, 0) is 22.0 Å². The van der Waals surface area contributed by atoms with E-state index in [2.05, 4.69) is 32.3 Å². The minimum Gasteiger partial charge on any atom is -0.386 e. The maximum Gasteiger partial charge on any atom is 0.107 e. The Morgan fingerprint density at radius 2 is 2.38 bits per heavy atom. The molecule has 3 rings (SSSR count). The van der Waals surface area contributed by atoms with Crippen LogP contribution in [0.15, 0.2) is 28.9 Å². The first-order valence-electron chi connectivity index (χ1n) is 6.64. The monoisotopic (exact) mass is 347 g/mol. The van der Waals surface area contributed by atoms with Crippen molar-refractivity contribution in [1.82, 2.24) is 4.98 Å². The Balaban J connectivity index is 1.99. The summed E-state index contributed by atoms with van der Waals surface area (Å²) < 4.78 is 6.11. The predicted molar refractivity (Wildman–Crippen MR) is 83.0 cm³/mol. The van der Waals surface area contributed by atoms with Crippen molar-refractivity contribution >= 4 is 32.5 Å². The molecule has 5 nitrogen and oxygen atoms in total. The number of para-hydroxylation sites is 1. The fraction of sp³-hybridized carbons (Fsp3) is 0.333. The smallest absolute Gasteiger partial charge is 0.107 e. The number of nitriles is 1. The molecule has 1 fully saturated rings. The standard InChI is InChI=1S/C15H14BrN3O2/c16-12-3-1-2-11-13(10(6-17)7-18-14(11)12)19-8-15(20)4-5-21-9-15/h1-3,7,20H,4-5,8-9H2,(H,18,19). The lowest BCUT2D eigenvalue weighted by atomic mass is 10.0. The van der Waals surface area contributed by atoms with Gasteiger partial charge < -0.3 is 15.2 Å². The van der Waals surface area contributed by atoms with Gasteiger partial charge >= 0.3 is 0 Å². The van der Waals surface area contributed by atoms with Crippen LogP contribution in [0.5, 0.6) is 0 Å². The maximum atomic E-state index is 10.3. The number of aliphatic hydroxyl groups is 1. The summed E-state index contributed by atoms with van der Waals surface area (Å²) in [6.07, 6.45) is 2.14. The van der Waals surface area contributed by atoms with Crippen LogP contribution in [0.4, 0.5) is 5.69 Å². The van der Waals surface area contributed by atoms with Crippen molar-refractivity contribution in [1.29, 1.82) is 5.26 Å². The summed E-state index contributed by atoms with van der Waals surface area (Å²) in [5.41, 5.74) is 1.06. The van der Waals surface area contributed by atoms with Gasteiger partial charge in [0.2, 0.25) is 0 Å². The number of hydrogen-bond donors (Lipinski definition) is 2. The van der Waals surface area contributed by atoms with Gasteiger partial charge in [-0.25, -0.2) is 0 Å². The molecule has 1 aliphatic heterocycles. The second-order valence-corrected chi connectivity index (χ2v) is 6.03. The molecule has 0 radical (unpaired) electrons. The van der Waals surface area contributed by atoms with E-state index in [4.69, 9.17) is 4.74 Å². The van der Waals surface area contributed by atoms with Gasteiger partial charge in [-0.1, -0.05) is 12.1 Å². The summed E-state index contributed by atoms with van der Waals surface area (Å²) in [5, 5.41) is 23.7. The van der Waals surface area contributed by atoms with Gasteiger partial charge in [0.1, 0.15) is 11.7 Å². The van der Waals surface area contributed by atoms with E-state index in [1.165, 1.54) is 0 Å². The zero-order valence-electron chi connectivity index (χ0n) is 11.3. The third-order valence-corrected chi connectivity index (χ3v) is 4.29. The molecule has 0 saturated carbocycles. The number of nitrogens with zero attached hydrogens (tertiary/aromatic N) is 2. The van der Waals surface area contributed by atoms with E-state index in [-0.39, 0.29) is 0 Å². The fourth-order valence-corrected chi connectivity index (χ4v) is 2.92. The number of pyridine rings is 1. The van der Waals surface area contributed by atoms with E-state index < -0.39 is 5.60 Å². The highest BCUT2D eigenvalue weighted by atomic mass is 79.9. The molecule has 2 heterocycles. The largest absolute Gasteiger partial charge is 0.386 e. The predicted octanol–water partition coefficient (Wildman–Crippen LogP) is 2.43. The molecule has 1 aromatic heterocycles. The van der Waals surface area contributed by atoms with Crippen LogP contribution in [0.2, 0.25) is 0 Å². The second kappa shape index (κ2) is 5.60. The SMILES string of the molecule is N#Cc1cnc2c(Br)cccc2c1NCC1(O)CCOC1. The first-order valence-corrected chi connectivity index (χ1v) is 7.44. The number of ether oxygens (including phenoxy) is 1. The lowest BCUT2D eigenvalue weighted by Gasteiger charge is -2.22. The van der Waals surface area contributed by atoms with Crippen LogP contribution >= 0.6 is 15.9 Å². The molecule has 1 aliphatic rings. The Hall–Kier alpha value is -1.68. The van der Waals surface area contributed by atoms with Crippen LogP contribution in [0.3, 0.4) is 0 Å². The van der Waals surface area contributed by atoms with Gasteiger partial charge in [-0.3, -0.25) is 4.98 Å². The number of nitrogens with one attached hydrogen (secondary N) is 1. The van der Waals surface area contributed by atoms with Crippen molar-refractivity contribution in [3.05, 3.63) is 34.4 Å². The van der Waals surface area contributed by atoms with Gasteiger partial charge in [-0.15, -0.1) is 0 Å². The highest BCUT2D eigenvalue weighted by Crippen LogP contribution is 2.31. The molecule has 21 heavy (non-hydrogen) atoms. The Morgan fingerprint density at radius 1 is 1.52 bits per heavy atom. The van der Waals surface area contributed by atoms with Crippen LogP contribution < -0.4 is 5.32 Å². The molecule has 0 spiro atoms. The van der Waals surface area contributed by atoms with Crippen molar-refractivity contribution < 1.29 is 9.84 Å². The molecule has 1 atom stereocenters. The summed E-state index contributed by atoms with van der Waals surface area (Å²) >= 11 is 3.46. The Morgan fingerprint density at radius 3 is 3.10 bits per heavy atom. The molecule has 0 amide bonds. The van der Waals surface area contributed by atoms with E-state index in [9.17, 15) is 10.4 Å². The lowest BCUT2D eigenvalue weighted by molar-refractivity contribution is 0.0382. The van der Waals surface area contributed by atoms with E-state index >= 15 is 0 Å². The van der Waals surface area contributed by atoms with Gasteiger partial charge in [-0.2, -0.15) is 5.26 Å². The zero-order chi connectivity index (χ0) is 14.9.